The normalized spacial score (nSPS) is 10.4. The second-order valence-electron chi connectivity index (χ2n) is 5.33. The molecule has 0 fully saturated rings. The number of rotatable bonds is 10. The lowest BCUT2D eigenvalue weighted by atomic mass is 10.3. The molecule has 0 heterocycles. The molecule has 28 heavy (non-hydrogen) atoms. The number of methoxy groups -OCH3 is 1. The molecule has 0 unspecified atom stereocenters. The minimum Gasteiger partial charge on any atom is -0.493 e. The van der Waals surface area contributed by atoms with Gasteiger partial charge in [0.2, 0.25) is 0 Å². The molecule has 2 rings (SSSR count). The average Bonchev–Trinajstić information content (AvgIpc) is 2.68. The fourth-order valence-electron chi connectivity index (χ4n) is 2.16. The van der Waals surface area contributed by atoms with Crippen molar-refractivity contribution in [1.82, 2.24) is 0 Å². The van der Waals surface area contributed by atoms with Gasteiger partial charge in [0.25, 0.3) is 11.7 Å². The van der Waals surface area contributed by atoms with Crippen LogP contribution in [0.4, 0.5) is 14.5 Å². The van der Waals surface area contributed by atoms with E-state index in [0.29, 0.717) is 23.3 Å². The quantitative estimate of drug-likeness (QED) is 0.471. The minimum atomic E-state index is -2.61. The summed E-state index contributed by atoms with van der Waals surface area (Å²) in [4.78, 5) is 23.9. The maximum atomic E-state index is 12.5. The summed E-state index contributed by atoms with van der Waals surface area (Å²) >= 11 is 0.321. The van der Waals surface area contributed by atoms with Crippen molar-refractivity contribution in [1.29, 1.82) is 0 Å². The Hall–Kier alpha value is -2.81. The topological polar surface area (TPSA) is 73.9 Å². The number of esters is 1. The predicted octanol–water partition coefficient (Wildman–Crippen LogP) is 3.96. The van der Waals surface area contributed by atoms with Crippen molar-refractivity contribution in [3.8, 4) is 11.5 Å². The molecule has 0 saturated heterocycles. The zero-order valence-corrected chi connectivity index (χ0v) is 15.8. The van der Waals surface area contributed by atoms with E-state index < -0.39 is 24.2 Å². The second kappa shape index (κ2) is 11.1. The number of amides is 1. The second-order valence-corrected chi connectivity index (χ2v) is 6.36. The maximum Gasteiger partial charge on any atom is 0.309 e. The molecule has 0 aliphatic heterocycles. The van der Waals surface area contributed by atoms with Gasteiger partial charge in [-0.15, -0.1) is 0 Å². The molecule has 6 nitrogen and oxygen atoms in total. The summed E-state index contributed by atoms with van der Waals surface area (Å²) < 4.78 is 40.5. The van der Waals surface area contributed by atoms with Crippen LogP contribution in [0.2, 0.25) is 0 Å². The number of anilines is 1. The number of nitrogens with one attached hydrogen (secondary N) is 1. The molecule has 0 radical (unpaired) electrons. The van der Waals surface area contributed by atoms with E-state index in [2.05, 4.69) is 5.32 Å². The van der Waals surface area contributed by atoms with Crippen molar-refractivity contribution in [2.45, 2.75) is 17.1 Å². The zero-order chi connectivity index (χ0) is 20.4. The Balaban J connectivity index is 1.75. The van der Waals surface area contributed by atoms with Gasteiger partial charge in [-0.25, -0.2) is 0 Å². The molecule has 0 saturated carbocycles. The van der Waals surface area contributed by atoms with E-state index in [-0.39, 0.29) is 23.6 Å². The van der Waals surface area contributed by atoms with Gasteiger partial charge in [-0.1, -0.05) is 36.0 Å². The Morgan fingerprint density at radius 2 is 1.75 bits per heavy atom. The molecule has 0 bridgehead atoms. The lowest BCUT2D eigenvalue weighted by molar-refractivity contribution is -0.147. The number of carbonyl (C=O) groups is 2. The van der Waals surface area contributed by atoms with Crippen LogP contribution in [0.15, 0.2) is 53.4 Å². The van der Waals surface area contributed by atoms with Crippen LogP contribution in [-0.2, 0) is 14.3 Å². The largest absolute Gasteiger partial charge is 0.493 e. The van der Waals surface area contributed by atoms with E-state index >= 15 is 0 Å². The van der Waals surface area contributed by atoms with E-state index in [1.807, 2.05) is 0 Å². The van der Waals surface area contributed by atoms with Crippen molar-refractivity contribution in [2.75, 3.05) is 25.6 Å². The number of para-hydroxylation sites is 3. The average molecular weight is 411 g/mol. The van der Waals surface area contributed by atoms with Crippen molar-refractivity contribution in [3.05, 3.63) is 48.5 Å². The van der Waals surface area contributed by atoms with E-state index in [0.717, 1.165) is 0 Å². The van der Waals surface area contributed by atoms with E-state index in [1.54, 1.807) is 36.4 Å². The summed E-state index contributed by atoms with van der Waals surface area (Å²) in [5, 5.41) is 2.45. The number of carbonyl (C=O) groups excluding carboxylic acids is 2. The van der Waals surface area contributed by atoms with Crippen molar-refractivity contribution >= 4 is 29.3 Å². The van der Waals surface area contributed by atoms with Gasteiger partial charge in [0.15, 0.2) is 18.1 Å². The summed E-state index contributed by atoms with van der Waals surface area (Å²) in [6.07, 6.45) is -0.0663. The molecule has 9 heteroatoms. The van der Waals surface area contributed by atoms with Crippen molar-refractivity contribution in [3.63, 3.8) is 0 Å². The number of ether oxygens (including phenoxy) is 3. The number of thioether (sulfide) groups is 1. The Labute approximate surface area is 165 Å². The van der Waals surface area contributed by atoms with Crippen molar-refractivity contribution < 1.29 is 32.6 Å². The molecule has 2 aromatic carbocycles. The molecule has 2 aromatic rings. The zero-order valence-electron chi connectivity index (χ0n) is 15.0. The highest BCUT2D eigenvalue weighted by atomic mass is 32.2. The smallest absolute Gasteiger partial charge is 0.309 e. The number of hydrogen-bond donors (Lipinski definition) is 1. The van der Waals surface area contributed by atoms with Crippen LogP contribution in [-0.4, -0.2) is 38.0 Å². The van der Waals surface area contributed by atoms with Gasteiger partial charge in [-0.05, 0) is 24.3 Å². The third kappa shape index (κ3) is 7.07. The number of halogens is 2. The lowest BCUT2D eigenvalue weighted by Gasteiger charge is -2.11. The summed E-state index contributed by atoms with van der Waals surface area (Å²) in [5.41, 5.74) is 0.230. The van der Waals surface area contributed by atoms with E-state index in [9.17, 15) is 18.4 Å². The third-order valence-corrected chi connectivity index (χ3v) is 4.16. The molecule has 0 atom stereocenters. The third-order valence-electron chi connectivity index (χ3n) is 3.37. The molecule has 150 valence electrons. The molecule has 1 amide bonds. The highest BCUT2D eigenvalue weighted by molar-refractivity contribution is 7.99. The first kappa shape index (κ1) is 21.5. The van der Waals surface area contributed by atoms with Gasteiger partial charge in [-0.3, -0.25) is 9.59 Å². The first-order valence-corrected chi connectivity index (χ1v) is 9.12. The van der Waals surface area contributed by atoms with Gasteiger partial charge in [0.1, 0.15) is 0 Å². The number of hydrogen-bond acceptors (Lipinski definition) is 6. The van der Waals surface area contributed by atoms with E-state index in [1.165, 1.54) is 19.2 Å². The molecular weight excluding hydrogens is 392 g/mol. The maximum absolute atomic E-state index is 12.5. The fourth-order valence-corrected chi connectivity index (χ4v) is 2.75. The predicted molar refractivity (Wildman–Crippen MR) is 101 cm³/mol. The van der Waals surface area contributed by atoms with Crippen LogP contribution in [0.25, 0.3) is 0 Å². The number of benzene rings is 2. The summed E-state index contributed by atoms with van der Waals surface area (Å²) in [7, 11) is 1.51. The van der Waals surface area contributed by atoms with Gasteiger partial charge < -0.3 is 19.5 Å². The standard InChI is InChI=1S/C19H19F2NO5S/c1-25-14-7-3-4-8-15(14)26-11-10-18(24)27-12-17(23)22-13-6-2-5-9-16(13)28-19(20)21/h2-9,19H,10-12H2,1H3,(H,22,23). The Morgan fingerprint density at radius 1 is 1.07 bits per heavy atom. The van der Waals surface area contributed by atoms with Crippen LogP contribution >= 0.6 is 11.8 Å². The monoisotopic (exact) mass is 411 g/mol. The van der Waals surface area contributed by atoms with Gasteiger partial charge >= 0.3 is 5.97 Å². The van der Waals surface area contributed by atoms with Crippen molar-refractivity contribution in [2.24, 2.45) is 0 Å². The van der Waals surface area contributed by atoms with Gasteiger partial charge in [-0.2, -0.15) is 8.78 Å². The minimum absolute atomic E-state index is 0.0503. The summed E-state index contributed by atoms with van der Waals surface area (Å²) in [5.74, 6) is -2.83. The molecule has 0 spiro atoms. The summed E-state index contributed by atoms with van der Waals surface area (Å²) in [6.45, 7) is -0.476. The number of alkyl halides is 2. The van der Waals surface area contributed by atoms with Crippen LogP contribution in [0, 0.1) is 0 Å². The van der Waals surface area contributed by atoms with E-state index in [4.69, 9.17) is 14.2 Å². The van der Waals surface area contributed by atoms with Crippen LogP contribution in [0.1, 0.15) is 6.42 Å². The lowest BCUT2D eigenvalue weighted by Crippen LogP contribution is -2.22. The first-order valence-electron chi connectivity index (χ1n) is 8.24. The first-order chi connectivity index (χ1) is 13.5. The highest BCUT2D eigenvalue weighted by Crippen LogP contribution is 2.31. The molecular formula is C19H19F2NO5S. The molecule has 0 aromatic heterocycles. The molecule has 0 aliphatic rings. The molecule has 1 N–H and O–H groups in total. The summed E-state index contributed by atoms with van der Waals surface area (Å²) in [6, 6.07) is 13.1. The van der Waals surface area contributed by atoms with Gasteiger partial charge in [0.05, 0.1) is 25.8 Å². The van der Waals surface area contributed by atoms with Crippen LogP contribution in [0.5, 0.6) is 11.5 Å². The Bertz CT molecular complexity index is 803. The Morgan fingerprint density at radius 3 is 2.46 bits per heavy atom. The Kier molecular flexibility index (Phi) is 8.54. The van der Waals surface area contributed by atoms with Gasteiger partial charge in [0, 0.05) is 4.90 Å². The van der Waals surface area contributed by atoms with Crippen LogP contribution < -0.4 is 14.8 Å². The van der Waals surface area contributed by atoms with Crippen LogP contribution in [0.3, 0.4) is 0 Å². The molecule has 0 aliphatic carbocycles. The fraction of sp³-hybridized carbons (Fsp3) is 0.263. The highest BCUT2D eigenvalue weighted by Gasteiger charge is 2.13. The SMILES string of the molecule is COc1ccccc1OCCC(=O)OCC(=O)Nc1ccccc1SC(F)F.